The molecular weight excluding hydrogens is 320 g/mol. The zero-order chi connectivity index (χ0) is 17.8. The average Bonchev–Trinajstić information content (AvgIpc) is 2.66. The SMILES string of the molecule is C#C[C@H]1CN2CC[C@@H]1C[C@@H]2COC(=O)Nc1ccccc1C(=O)OC. The molecule has 6 nitrogen and oxygen atoms in total. The maximum absolute atomic E-state index is 12.1. The van der Waals surface area contributed by atoms with E-state index >= 15 is 0 Å². The van der Waals surface area contributed by atoms with E-state index < -0.39 is 12.1 Å². The number of fused-ring (bicyclic) bond motifs is 3. The van der Waals surface area contributed by atoms with Crippen LogP contribution in [0.2, 0.25) is 0 Å². The minimum atomic E-state index is -0.576. The van der Waals surface area contributed by atoms with Crippen LogP contribution < -0.4 is 5.32 Å². The first-order chi connectivity index (χ1) is 12.1. The molecule has 0 aromatic heterocycles. The van der Waals surface area contributed by atoms with Crippen molar-refractivity contribution in [1.29, 1.82) is 0 Å². The van der Waals surface area contributed by atoms with Crippen LogP contribution in [-0.2, 0) is 9.47 Å². The number of carbonyl (C=O) groups is 2. The summed E-state index contributed by atoms with van der Waals surface area (Å²) in [6.07, 6.45) is 7.08. The summed E-state index contributed by atoms with van der Waals surface area (Å²) in [5.41, 5.74) is 0.663. The summed E-state index contributed by atoms with van der Waals surface area (Å²) < 4.78 is 10.1. The molecule has 0 spiro atoms. The first kappa shape index (κ1) is 17.3. The van der Waals surface area contributed by atoms with Crippen molar-refractivity contribution in [2.45, 2.75) is 18.9 Å². The molecule has 25 heavy (non-hydrogen) atoms. The summed E-state index contributed by atoms with van der Waals surface area (Å²) in [6.45, 7) is 2.20. The topological polar surface area (TPSA) is 67.9 Å². The van der Waals surface area contributed by atoms with Crippen LogP contribution in [0.1, 0.15) is 23.2 Å². The summed E-state index contributed by atoms with van der Waals surface area (Å²) in [4.78, 5) is 26.1. The molecule has 3 aliphatic heterocycles. The molecule has 6 heteroatoms. The highest BCUT2D eigenvalue weighted by atomic mass is 16.5. The van der Waals surface area contributed by atoms with Crippen molar-refractivity contribution in [3.63, 3.8) is 0 Å². The van der Waals surface area contributed by atoms with E-state index in [1.165, 1.54) is 7.11 Å². The quantitative estimate of drug-likeness (QED) is 0.672. The summed E-state index contributed by atoms with van der Waals surface area (Å²) >= 11 is 0. The fourth-order valence-electron chi connectivity index (χ4n) is 3.70. The van der Waals surface area contributed by atoms with Crippen LogP contribution in [0.15, 0.2) is 24.3 Å². The van der Waals surface area contributed by atoms with E-state index in [2.05, 4.69) is 16.1 Å². The number of amides is 1. The summed E-state index contributed by atoms with van der Waals surface area (Å²) in [6, 6.07) is 6.87. The van der Waals surface area contributed by atoms with Crippen LogP contribution in [-0.4, -0.2) is 49.8 Å². The van der Waals surface area contributed by atoms with Crippen molar-refractivity contribution in [3.05, 3.63) is 29.8 Å². The van der Waals surface area contributed by atoms with E-state index in [1.807, 2.05) is 0 Å². The molecule has 1 unspecified atom stereocenters. The molecule has 0 saturated carbocycles. The Morgan fingerprint density at radius 2 is 2.20 bits per heavy atom. The summed E-state index contributed by atoms with van der Waals surface area (Å²) in [5, 5.41) is 2.62. The van der Waals surface area contributed by atoms with Crippen molar-refractivity contribution in [2.75, 3.05) is 32.1 Å². The van der Waals surface area contributed by atoms with E-state index in [9.17, 15) is 9.59 Å². The molecule has 1 N–H and O–H groups in total. The number of rotatable bonds is 4. The minimum Gasteiger partial charge on any atom is -0.465 e. The second-order valence-corrected chi connectivity index (χ2v) is 6.47. The van der Waals surface area contributed by atoms with Gasteiger partial charge in [0.25, 0.3) is 0 Å². The number of terminal acetylenes is 1. The molecule has 4 atom stereocenters. The van der Waals surface area contributed by atoms with E-state index in [1.54, 1.807) is 24.3 Å². The van der Waals surface area contributed by atoms with Crippen LogP contribution in [0.3, 0.4) is 0 Å². The molecule has 2 bridgehead atoms. The molecule has 1 aromatic rings. The number of carbonyl (C=O) groups excluding carboxylic acids is 2. The van der Waals surface area contributed by atoms with E-state index in [4.69, 9.17) is 15.9 Å². The number of hydrogen-bond acceptors (Lipinski definition) is 5. The zero-order valence-corrected chi connectivity index (χ0v) is 14.2. The van der Waals surface area contributed by atoms with Crippen LogP contribution in [0, 0.1) is 24.2 Å². The van der Waals surface area contributed by atoms with Gasteiger partial charge in [-0.1, -0.05) is 12.1 Å². The number of piperidine rings is 3. The number of para-hydroxylation sites is 1. The number of methoxy groups -OCH3 is 1. The van der Waals surface area contributed by atoms with Crippen LogP contribution in [0.25, 0.3) is 0 Å². The van der Waals surface area contributed by atoms with Gasteiger partial charge in [-0.2, -0.15) is 0 Å². The Labute approximate surface area is 147 Å². The molecule has 1 amide bonds. The fourth-order valence-corrected chi connectivity index (χ4v) is 3.70. The van der Waals surface area contributed by atoms with Gasteiger partial charge in [0, 0.05) is 18.5 Å². The lowest BCUT2D eigenvalue weighted by Gasteiger charge is -2.48. The highest BCUT2D eigenvalue weighted by Gasteiger charge is 2.39. The Morgan fingerprint density at radius 3 is 2.88 bits per heavy atom. The largest absolute Gasteiger partial charge is 0.465 e. The first-order valence-electron chi connectivity index (χ1n) is 8.43. The number of hydrogen-bond donors (Lipinski definition) is 1. The maximum atomic E-state index is 12.1. The van der Waals surface area contributed by atoms with Gasteiger partial charge in [0.2, 0.25) is 0 Å². The van der Waals surface area contributed by atoms with Crippen molar-refractivity contribution in [2.24, 2.45) is 11.8 Å². The second kappa shape index (κ2) is 7.58. The molecule has 3 aliphatic rings. The van der Waals surface area contributed by atoms with Crippen LogP contribution in [0.4, 0.5) is 10.5 Å². The normalized spacial score (nSPS) is 27.2. The van der Waals surface area contributed by atoms with Crippen molar-refractivity contribution in [3.8, 4) is 12.3 Å². The molecule has 1 aromatic carbocycles. The molecule has 132 valence electrons. The number of nitrogens with zero attached hydrogens (tertiary/aromatic N) is 1. The maximum Gasteiger partial charge on any atom is 0.411 e. The molecule has 3 fully saturated rings. The van der Waals surface area contributed by atoms with Crippen molar-refractivity contribution >= 4 is 17.7 Å². The Morgan fingerprint density at radius 1 is 1.40 bits per heavy atom. The highest BCUT2D eigenvalue weighted by molar-refractivity contribution is 5.99. The standard InChI is InChI=1S/C19H22N2O4/c1-3-13-11-21-9-8-14(13)10-15(21)12-25-19(23)20-17-7-5-4-6-16(17)18(22)24-2/h1,4-7,13-15H,8-12H2,2H3,(H,20,23)/t13-,14+,15+/m0/s1. The van der Waals surface area contributed by atoms with Gasteiger partial charge in [-0.05, 0) is 37.4 Å². The zero-order valence-electron chi connectivity index (χ0n) is 14.2. The van der Waals surface area contributed by atoms with Gasteiger partial charge in [0.05, 0.1) is 18.4 Å². The molecule has 3 saturated heterocycles. The molecular formula is C19H22N2O4. The van der Waals surface area contributed by atoms with Gasteiger partial charge >= 0.3 is 12.1 Å². The number of anilines is 1. The third-order valence-electron chi connectivity index (χ3n) is 5.07. The first-order valence-corrected chi connectivity index (χ1v) is 8.43. The predicted octanol–water partition coefficient (Wildman–Crippen LogP) is 2.37. The summed E-state index contributed by atoms with van der Waals surface area (Å²) in [7, 11) is 1.30. The van der Waals surface area contributed by atoms with Gasteiger partial charge in [-0.15, -0.1) is 12.3 Å². The predicted molar refractivity (Wildman–Crippen MR) is 93.2 cm³/mol. The van der Waals surface area contributed by atoms with Gasteiger partial charge < -0.3 is 9.47 Å². The lowest BCUT2D eigenvalue weighted by molar-refractivity contribution is -0.00665. The fraction of sp³-hybridized carbons (Fsp3) is 0.474. The van der Waals surface area contributed by atoms with Crippen molar-refractivity contribution in [1.82, 2.24) is 4.90 Å². The third-order valence-corrected chi connectivity index (χ3v) is 5.07. The van der Waals surface area contributed by atoms with Crippen LogP contribution in [0.5, 0.6) is 0 Å². The smallest absolute Gasteiger partial charge is 0.411 e. The van der Waals surface area contributed by atoms with E-state index in [0.29, 0.717) is 29.7 Å². The Bertz CT molecular complexity index is 697. The highest BCUT2D eigenvalue weighted by Crippen LogP contribution is 2.35. The van der Waals surface area contributed by atoms with Gasteiger partial charge in [-0.25, -0.2) is 9.59 Å². The number of esters is 1. The lowest BCUT2D eigenvalue weighted by atomic mass is 9.76. The lowest BCUT2D eigenvalue weighted by Crippen LogP contribution is -2.54. The average molecular weight is 342 g/mol. The van der Waals surface area contributed by atoms with Gasteiger partial charge in [0.15, 0.2) is 0 Å². The van der Waals surface area contributed by atoms with Crippen molar-refractivity contribution < 1.29 is 19.1 Å². The number of ether oxygens (including phenoxy) is 2. The third kappa shape index (κ3) is 3.77. The number of nitrogens with one attached hydrogen (secondary N) is 1. The van der Waals surface area contributed by atoms with E-state index in [0.717, 1.165) is 25.9 Å². The molecule has 0 aliphatic carbocycles. The van der Waals surface area contributed by atoms with Gasteiger partial charge in [0.1, 0.15) is 6.61 Å². The summed E-state index contributed by atoms with van der Waals surface area (Å²) in [5.74, 6) is 3.19. The van der Waals surface area contributed by atoms with E-state index in [-0.39, 0.29) is 6.04 Å². The Kier molecular flexibility index (Phi) is 5.25. The second-order valence-electron chi connectivity index (χ2n) is 6.47. The van der Waals surface area contributed by atoms with Crippen LogP contribution >= 0.6 is 0 Å². The Balaban J connectivity index is 1.55. The molecule has 3 heterocycles. The number of benzene rings is 1. The minimum absolute atomic E-state index is 0.213. The molecule has 0 radical (unpaired) electrons. The van der Waals surface area contributed by atoms with Gasteiger partial charge in [-0.3, -0.25) is 10.2 Å². The monoisotopic (exact) mass is 342 g/mol. The molecule has 4 rings (SSSR count). The Hall–Kier alpha value is -2.52.